The quantitative estimate of drug-likeness (QED) is 0.330. The second-order valence-electron chi connectivity index (χ2n) is 7.22. The second-order valence-corrected chi connectivity index (χ2v) is 7.22. The number of ether oxygens (including phenoxy) is 3. The first-order valence-electron chi connectivity index (χ1n) is 9.94. The highest BCUT2D eigenvalue weighted by atomic mass is 19.1. The van der Waals surface area contributed by atoms with Crippen molar-refractivity contribution in [3.8, 4) is 11.5 Å². The molecule has 0 aromatic heterocycles. The summed E-state index contributed by atoms with van der Waals surface area (Å²) in [7, 11) is 1.53. The van der Waals surface area contributed by atoms with Gasteiger partial charge in [0.15, 0.2) is 11.5 Å². The lowest BCUT2D eigenvalue weighted by Gasteiger charge is -2.25. The van der Waals surface area contributed by atoms with Crippen molar-refractivity contribution in [2.45, 2.75) is 12.5 Å². The third-order valence-corrected chi connectivity index (χ3v) is 5.30. The molecule has 1 fully saturated rings. The predicted octanol–water partition coefficient (Wildman–Crippen LogP) is 3.06. The molecule has 31 heavy (non-hydrogen) atoms. The van der Waals surface area contributed by atoms with Crippen molar-refractivity contribution >= 4 is 17.4 Å². The van der Waals surface area contributed by atoms with E-state index in [0.717, 1.165) is 0 Å². The fraction of sp³-hybridized carbons (Fsp3) is 0.304. The summed E-state index contributed by atoms with van der Waals surface area (Å²) in [5, 5.41) is 11.1. The van der Waals surface area contributed by atoms with E-state index < -0.39 is 29.3 Å². The Hall–Kier alpha value is -3.39. The monoisotopic (exact) mass is 427 g/mol. The van der Waals surface area contributed by atoms with Crippen LogP contribution in [0.25, 0.3) is 5.76 Å². The zero-order valence-electron chi connectivity index (χ0n) is 17.0. The number of rotatable bonds is 6. The molecule has 0 aliphatic carbocycles. The van der Waals surface area contributed by atoms with E-state index >= 15 is 0 Å². The molecule has 2 aromatic carbocycles. The van der Waals surface area contributed by atoms with E-state index in [0.29, 0.717) is 37.7 Å². The maximum atomic E-state index is 14.7. The van der Waals surface area contributed by atoms with Crippen LogP contribution in [-0.4, -0.2) is 55.2 Å². The number of aliphatic hydroxyl groups excluding tert-OH is 1. The number of aliphatic hydroxyl groups is 1. The topological polar surface area (TPSA) is 85.3 Å². The van der Waals surface area contributed by atoms with Gasteiger partial charge in [-0.1, -0.05) is 18.2 Å². The first kappa shape index (κ1) is 20.9. The summed E-state index contributed by atoms with van der Waals surface area (Å²) in [6.45, 7) is 1.32. The van der Waals surface area contributed by atoms with Gasteiger partial charge in [-0.05, 0) is 30.7 Å². The Morgan fingerprint density at radius 3 is 2.65 bits per heavy atom. The van der Waals surface area contributed by atoms with Crippen LogP contribution in [0.5, 0.6) is 11.5 Å². The summed E-state index contributed by atoms with van der Waals surface area (Å²) >= 11 is 0. The molecule has 4 rings (SSSR count). The van der Waals surface area contributed by atoms with Gasteiger partial charge < -0.3 is 24.2 Å². The number of methoxy groups -OCH3 is 1. The number of Topliss-reactive ketones (excluding diaryl/α,β-unsaturated/α-hetero) is 1. The molecule has 7 nitrogen and oxygen atoms in total. The van der Waals surface area contributed by atoms with E-state index in [9.17, 15) is 19.1 Å². The molecule has 1 N–H and O–H groups in total. The SMILES string of the molecule is COCCCN1C(=O)C(=O)/C(=C(/O)c2ccc3c(c2)OCCO3)[C@@H]1c1ccccc1F. The third kappa shape index (κ3) is 3.86. The zero-order valence-corrected chi connectivity index (χ0v) is 17.0. The Kier molecular flexibility index (Phi) is 5.90. The Morgan fingerprint density at radius 1 is 1.16 bits per heavy atom. The highest BCUT2D eigenvalue weighted by molar-refractivity contribution is 6.46. The van der Waals surface area contributed by atoms with Gasteiger partial charge in [0.2, 0.25) is 0 Å². The molecule has 2 heterocycles. The molecule has 0 unspecified atom stereocenters. The van der Waals surface area contributed by atoms with Crippen molar-refractivity contribution in [1.29, 1.82) is 0 Å². The molecule has 1 amide bonds. The average Bonchev–Trinajstić information content (AvgIpc) is 3.03. The lowest BCUT2D eigenvalue weighted by atomic mass is 9.94. The van der Waals surface area contributed by atoms with Gasteiger partial charge in [-0.2, -0.15) is 0 Å². The van der Waals surface area contributed by atoms with E-state index in [2.05, 4.69) is 0 Å². The van der Waals surface area contributed by atoms with Crippen molar-refractivity contribution in [3.05, 3.63) is 65.0 Å². The van der Waals surface area contributed by atoms with E-state index in [1.54, 1.807) is 24.3 Å². The number of benzene rings is 2. The molecule has 2 aliphatic heterocycles. The van der Waals surface area contributed by atoms with Gasteiger partial charge in [0.05, 0.1) is 11.6 Å². The normalized spacial score (nSPS) is 19.7. The summed E-state index contributed by atoms with van der Waals surface area (Å²) < 4.78 is 30.8. The molecule has 2 aromatic rings. The van der Waals surface area contributed by atoms with Crippen LogP contribution in [0, 0.1) is 5.82 Å². The zero-order chi connectivity index (χ0) is 22.0. The lowest BCUT2D eigenvalue weighted by molar-refractivity contribution is -0.140. The van der Waals surface area contributed by atoms with Crippen LogP contribution >= 0.6 is 0 Å². The summed E-state index contributed by atoms with van der Waals surface area (Å²) in [5.74, 6) is -1.67. The van der Waals surface area contributed by atoms with Crippen molar-refractivity contribution in [3.63, 3.8) is 0 Å². The fourth-order valence-corrected chi connectivity index (χ4v) is 3.86. The molecular formula is C23H22FNO6. The molecule has 0 spiro atoms. The summed E-state index contributed by atoms with van der Waals surface area (Å²) in [6, 6.07) is 9.60. The van der Waals surface area contributed by atoms with Crippen LogP contribution in [0.4, 0.5) is 4.39 Å². The summed E-state index contributed by atoms with van der Waals surface area (Å²) in [6.07, 6.45) is 0.457. The minimum Gasteiger partial charge on any atom is -0.507 e. The number of carbonyl (C=O) groups is 2. The largest absolute Gasteiger partial charge is 0.507 e. The van der Waals surface area contributed by atoms with Gasteiger partial charge in [-0.25, -0.2) is 4.39 Å². The number of halogens is 1. The molecule has 1 atom stereocenters. The third-order valence-electron chi connectivity index (χ3n) is 5.30. The Bertz CT molecular complexity index is 1050. The molecule has 162 valence electrons. The minimum atomic E-state index is -1.05. The summed E-state index contributed by atoms with van der Waals surface area (Å²) in [4.78, 5) is 27.0. The Labute approximate surface area is 178 Å². The van der Waals surface area contributed by atoms with Crippen LogP contribution in [0.2, 0.25) is 0 Å². The standard InChI is InChI=1S/C23H22FNO6/c1-29-10-4-9-25-20(15-5-2-3-6-16(15)24)19(22(27)23(25)28)21(26)14-7-8-17-18(13-14)31-12-11-30-17/h2-3,5-8,13,20,26H,4,9-12H2,1H3/b21-19+/t20-/m0/s1. The number of ketones is 1. The van der Waals surface area contributed by atoms with Crippen LogP contribution in [0.1, 0.15) is 23.6 Å². The summed E-state index contributed by atoms with van der Waals surface area (Å²) in [5.41, 5.74) is 0.253. The number of amides is 1. The first-order chi connectivity index (χ1) is 15.0. The lowest BCUT2D eigenvalue weighted by Crippen LogP contribution is -2.31. The Morgan fingerprint density at radius 2 is 1.90 bits per heavy atom. The number of carbonyl (C=O) groups excluding carboxylic acids is 2. The van der Waals surface area contributed by atoms with Crippen molar-refractivity contribution in [2.75, 3.05) is 33.5 Å². The van der Waals surface area contributed by atoms with Gasteiger partial charge in [0.1, 0.15) is 24.8 Å². The van der Waals surface area contributed by atoms with Crippen LogP contribution in [0.3, 0.4) is 0 Å². The number of nitrogens with zero attached hydrogens (tertiary/aromatic N) is 1. The molecule has 1 saturated heterocycles. The highest BCUT2D eigenvalue weighted by Crippen LogP contribution is 2.41. The Balaban J connectivity index is 1.82. The van der Waals surface area contributed by atoms with Crippen molar-refractivity contribution < 1.29 is 33.3 Å². The van der Waals surface area contributed by atoms with E-state index in [1.807, 2.05) is 0 Å². The molecule has 0 radical (unpaired) electrons. The number of hydrogen-bond donors (Lipinski definition) is 1. The average molecular weight is 427 g/mol. The fourth-order valence-electron chi connectivity index (χ4n) is 3.86. The minimum absolute atomic E-state index is 0.137. The van der Waals surface area contributed by atoms with Gasteiger partial charge in [-0.15, -0.1) is 0 Å². The molecule has 8 heteroatoms. The number of hydrogen-bond acceptors (Lipinski definition) is 6. The van der Waals surface area contributed by atoms with Gasteiger partial charge in [0, 0.05) is 31.4 Å². The van der Waals surface area contributed by atoms with Crippen LogP contribution < -0.4 is 9.47 Å². The van der Waals surface area contributed by atoms with Crippen LogP contribution in [-0.2, 0) is 14.3 Å². The maximum absolute atomic E-state index is 14.7. The number of fused-ring (bicyclic) bond motifs is 1. The molecule has 2 aliphatic rings. The highest BCUT2D eigenvalue weighted by Gasteiger charge is 2.46. The maximum Gasteiger partial charge on any atom is 0.295 e. The predicted molar refractivity (Wildman–Crippen MR) is 109 cm³/mol. The van der Waals surface area contributed by atoms with Gasteiger partial charge in [0.25, 0.3) is 11.7 Å². The molecule has 0 bridgehead atoms. The molecular weight excluding hydrogens is 405 g/mol. The van der Waals surface area contributed by atoms with Gasteiger partial charge >= 0.3 is 0 Å². The van der Waals surface area contributed by atoms with Crippen molar-refractivity contribution in [1.82, 2.24) is 4.90 Å². The first-order valence-corrected chi connectivity index (χ1v) is 9.94. The van der Waals surface area contributed by atoms with Gasteiger partial charge in [-0.3, -0.25) is 9.59 Å². The van der Waals surface area contributed by atoms with E-state index in [-0.39, 0.29) is 23.2 Å². The van der Waals surface area contributed by atoms with E-state index in [1.165, 1.54) is 30.2 Å². The second kappa shape index (κ2) is 8.77. The molecule has 0 saturated carbocycles. The number of likely N-dealkylation sites (tertiary alicyclic amines) is 1. The van der Waals surface area contributed by atoms with Crippen LogP contribution in [0.15, 0.2) is 48.0 Å². The van der Waals surface area contributed by atoms with E-state index in [4.69, 9.17) is 14.2 Å². The van der Waals surface area contributed by atoms with Crippen molar-refractivity contribution in [2.24, 2.45) is 0 Å². The smallest absolute Gasteiger partial charge is 0.295 e.